The molecule has 0 amide bonds. The van der Waals surface area contributed by atoms with Crippen molar-refractivity contribution in [3.05, 3.63) is 94.2 Å². The summed E-state index contributed by atoms with van der Waals surface area (Å²) in [5.41, 5.74) is 15.4. The summed E-state index contributed by atoms with van der Waals surface area (Å²) < 4.78 is 0. The fraction of sp³-hybridized carbons (Fsp3) is 0. The average Bonchev–Trinajstić information content (AvgIpc) is 2.67. The molecule has 0 atom stereocenters. The highest BCUT2D eigenvalue weighted by Crippen LogP contribution is 2.36. The van der Waals surface area contributed by atoms with Gasteiger partial charge in [-0.3, -0.25) is 5.21 Å². The first-order valence-corrected chi connectivity index (χ1v) is 8.40. The molecule has 0 saturated heterocycles. The number of anilines is 3. The van der Waals surface area contributed by atoms with E-state index in [1.165, 1.54) is 0 Å². The lowest BCUT2D eigenvalue weighted by atomic mass is 10.0. The van der Waals surface area contributed by atoms with Crippen LogP contribution in [0.1, 0.15) is 22.3 Å². The molecule has 0 spiro atoms. The molecule has 3 aromatic carbocycles. The van der Waals surface area contributed by atoms with Crippen molar-refractivity contribution < 1.29 is 5.21 Å². The molecule has 5 nitrogen and oxygen atoms in total. The van der Waals surface area contributed by atoms with Crippen molar-refractivity contribution in [3.63, 3.8) is 0 Å². The van der Waals surface area contributed by atoms with Crippen molar-refractivity contribution in [1.82, 2.24) is 0 Å². The topological polar surface area (TPSA) is 98.6 Å². The summed E-state index contributed by atoms with van der Waals surface area (Å²) in [5, 5.41) is 21.4. The summed E-state index contributed by atoms with van der Waals surface area (Å²) in [6, 6.07) is 20.8. The molecule has 27 heavy (non-hydrogen) atoms. The van der Waals surface area contributed by atoms with E-state index in [9.17, 15) is 10.4 Å². The van der Waals surface area contributed by atoms with Crippen molar-refractivity contribution in [2.45, 2.75) is 0 Å². The van der Waals surface area contributed by atoms with Gasteiger partial charge in [0.1, 0.15) is 0 Å². The maximum Gasteiger partial charge on any atom is 0.0695 e. The monoisotopic (exact) mass is 358 g/mol. The molecule has 3 rings (SSSR count). The second-order valence-electron chi connectivity index (χ2n) is 5.99. The molecule has 136 valence electrons. The van der Waals surface area contributed by atoms with E-state index in [1.807, 2.05) is 72.8 Å². The normalized spacial score (nSPS) is 11.3. The van der Waals surface area contributed by atoms with E-state index in [-0.39, 0.29) is 10.9 Å². The van der Waals surface area contributed by atoms with Crippen LogP contribution in [0.3, 0.4) is 0 Å². The maximum atomic E-state index is 11.9. The summed E-state index contributed by atoms with van der Waals surface area (Å²) in [6.07, 6.45) is 7.03. The number of nitrogens with two attached hydrogens (primary N) is 2. The first-order valence-electron chi connectivity index (χ1n) is 8.40. The van der Waals surface area contributed by atoms with Crippen LogP contribution in [0.5, 0.6) is 0 Å². The molecule has 0 aliphatic heterocycles. The zero-order chi connectivity index (χ0) is 19.2. The molecule has 5 N–H and O–H groups in total. The first kappa shape index (κ1) is 18.3. The minimum atomic E-state index is -0.192. The van der Waals surface area contributed by atoms with Gasteiger partial charge in [-0.15, -0.1) is 0 Å². The highest BCUT2D eigenvalue weighted by Gasteiger charge is 2.13. The molecular weight excluding hydrogens is 338 g/mol. The molecule has 0 radical (unpaired) electrons. The highest BCUT2D eigenvalue weighted by atomic mass is 16.8. The minimum Gasteiger partial charge on any atom is -0.733 e. The van der Waals surface area contributed by atoms with Gasteiger partial charge >= 0.3 is 0 Å². The molecule has 3 aromatic rings. The van der Waals surface area contributed by atoms with Crippen LogP contribution in [0.25, 0.3) is 24.3 Å². The Morgan fingerprint density at radius 2 is 1.11 bits per heavy atom. The molecule has 0 heterocycles. The molecule has 0 unspecified atom stereocenters. The van der Waals surface area contributed by atoms with Crippen LogP contribution >= 0.6 is 0 Å². The first-order chi connectivity index (χ1) is 13.1. The Kier molecular flexibility index (Phi) is 5.56. The Labute approximate surface area is 158 Å². The molecule has 0 aliphatic rings. The summed E-state index contributed by atoms with van der Waals surface area (Å²) in [6.45, 7) is 0. The average molecular weight is 358 g/mol. The standard InChI is InChI=1S/C22H20N3O2/c23-20-15-21(24)19(14-12-17-9-5-2-6-10-17)22(25(26)27)18(20)13-11-16-7-3-1-4-8-16/h1-15,26H,23-24H2/q-1. The predicted octanol–water partition coefficient (Wildman–Crippen LogP) is 4.89. The number of benzene rings is 3. The SMILES string of the molecule is Nc1cc(N)c(C=Cc2ccccc2)c(N([O-])O)c1C=Cc1ccccc1. The number of nitrogens with zero attached hydrogens (tertiary/aromatic N) is 1. The summed E-state index contributed by atoms with van der Waals surface area (Å²) in [7, 11) is 0. The van der Waals surface area contributed by atoms with E-state index in [0.717, 1.165) is 11.1 Å². The summed E-state index contributed by atoms with van der Waals surface area (Å²) in [4.78, 5) is 0. The lowest BCUT2D eigenvalue weighted by molar-refractivity contribution is 0.296. The number of rotatable bonds is 5. The van der Waals surface area contributed by atoms with Crippen LogP contribution in [0.2, 0.25) is 0 Å². The third-order valence-electron chi connectivity index (χ3n) is 4.12. The van der Waals surface area contributed by atoms with Gasteiger partial charge < -0.3 is 21.9 Å². The van der Waals surface area contributed by atoms with Crippen LogP contribution in [-0.2, 0) is 0 Å². The lowest BCUT2D eigenvalue weighted by Crippen LogP contribution is -2.13. The van der Waals surface area contributed by atoms with Crippen LogP contribution in [-0.4, -0.2) is 5.21 Å². The van der Waals surface area contributed by atoms with Crippen LogP contribution in [0.4, 0.5) is 17.1 Å². The smallest absolute Gasteiger partial charge is 0.0695 e. The molecule has 0 aliphatic carbocycles. The fourth-order valence-electron chi connectivity index (χ4n) is 2.79. The highest BCUT2D eigenvalue weighted by molar-refractivity contribution is 5.94. The van der Waals surface area contributed by atoms with E-state index in [4.69, 9.17) is 11.5 Å². The van der Waals surface area contributed by atoms with Gasteiger partial charge in [-0.1, -0.05) is 85.0 Å². The van der Waals surface area contributed by atoms with Gasteiger partial charge in [-0.25, -0.2) is 0 Å². The van der Waals surface area contributed by atoms with E-state index in [1.54, 1.807) is 18.2 Å². The van der Waals surface area contributed by atoms with Crippen molar-refractivity contribution in [2.75, 3.05) is 16.7 Å². The lowest BCUT2D eigenvalue weighted by Gasteiger charge is -2.27. The second-order valence-corrected chi connectivity index (χ2v) is 5.99. The Balaban J connectivity index is 2.08. The molecular formula is C22H20N3O2-. The van der Waals surface area contributed by atoms with E-state index in [2.05, 4.69) is 0 Å². The minimum absolute atomic E-state index is 0.00635. The largest absolute Gasteiger partial charge is 0.733 e. The Hall–Kier alpha value is -3.54. The van der Waals surface area contributed by atoms with E-state index < -0.39 is 0 Å². The second kappa shape index (κ2) is 8.23. The number of nitrogen functional groups attached to an aromatic ring is 2. The third kappa shape index (κ3) is 4.36. The molecule has 5 heteroatoms. The van der Waals surface area contributed by atoms with Gasteiger partial charge in [0.15, 0.2) is 0 Å². The van der Waals surface area contributed by atoms with Crippen molar-refractivity contribution in [3.8, 4) is 0 Å². The third-order valence-corrected chi connectivity index (χ3v) is 4.12. The fourth-order valence-corrected chi connectivity index (χ4v) is 2.79. The summed E-state index contributed by atoms with van der Waals surface area (Å²) in [5.74, 6) is 0. The summed E-state index contributed by atoms with van der Waals surface area (Å²) >= 11 is 0. The van der Waals surface area contributed by atoms with Gasteiger partial charge in [0.05, 0.1) is 5.69 Å². The van der Waals surface area contributed by atoms with Crippen LogP contribution < -0.4 is 16.7 Å². The predicted molar refractivity (Wildman–Crippen MR) is 114 cm³/mol. The Bertz CT molecular complexity index is 892. The molecule has 0 saturated carbocycles. The Morgan fingerprint density at radius 3 is 1.48 bits per heavy atom. The van der Waals surface area contributed by atoms with Crippen LogP contribution in [0.15, 0.2) is 66.7 Å². The molecule has 0 bridgehead atoms. The molecule has 0 fully saturated rings. The number of hydrogen-bond donors (Lipinski definition) is 3. The maximum absolute atomic E-state index is 11.9. The van der Waals surface area contributed by atoms with Gasteiger partial charge in [0, 0.05) is 22.5 Å². The van der Waals surface area contributed by atoms with Crippen molar-refractivity contribution in [2.24, 2.45) is 0 Å². The zero-order valence-electron chi connectivity index (χ0n) is 14.6. The van der Waals surface area contributed by atoms with Gasteiger partial charge in [0.25, 0.3) is 0 Å². The quantitative estimate of drug-likeness (QED) is 0.343. The van der Waals surface area contributed by atoms with E-state index >= 15 is 0 Å². The van der Waals surface area contributed by atoms with E-state index in [0.29, 0.717) is 22.5 Å². The zero-order valence-corrected chi connectivity index (χ0v) is 14.6. The number of hydrogen-bond acceptors (Lipinski definition) is 5. The van der Waals surface area contributed by atoms with Gasteiger partial charge in [-0.2, -0.15) is 0 Å². The van der Waals surface area contributed by atoms with Gasteiger partial charge in [-0.05, 0) is 17.2 Å². The Morgan fingerprint density at radius 1 is 0.704 bits per heavy atom. The van der Waals surface area contributed by atoms with Gasteiger partial charge in [0.2, 0.25) is 0 Å². The van der Waals surface area contributed by atoms with Crippen molar-refractivity contribution >= 4 is 41.4 Å². The van der Waals surface area contributed by atoms with Crippen molar-refractivity contribution in [1.29, 1.82) is 0 Å². The van der Waals surface area contributed by atoms with Crippen LogP contribution in [0, 0.1) is 5.21 Å². The molecule has 0 aromatic heterocycles.